The van der Waals surface area contributed by atoms with E-state index in [9.17, 15) is 10.1 Å². The molecule has 0 bridgehead atoms. The number of nitrogens with zero attached hydrogens (tertiary/aromatic N) is 2. The van der Waals surface area contributed by atoms with Gasteiger partial charge in [-0.05, 0) is 36.4 Å². The van der Waals surface area contributed by atoms with Crippen molar-refractivity contribution in [1.82, 2.24) is 10.2 Å². The molecule has 2 aromatic rings. The molecule has 128 valence electrons. The molecule has 1 N–H and O–H groups in total. The predicted molar refractivity (Wildman–Crippen MR) is 94.1 cm³/mol. The lowest BCUT2D eigenvalue weighted by Crippen LogP contribution is -2.51. The highest BCUT2D eigenvalue weighted by Gasteiger charge is 2.30. The minimum absolute atomic E-state index is 0.0299. The maximum atomic E-state index is 12.5. The van der Waals surface area contributed by atoms with Crippen LogP contribution in [0.2, 0.25) is 0 Å². The normalized spacial score (nSPS) is 13.7. The minimum atomic E-state index is -0.865. The van der Waals surface area contributed by atoms with Crippen molar-refractivity contribution in [2.24, 2.45) is 5.92 Å². The van der Waals surface area contributed by atoms with Crippen LogP contribution in [0.1, 0.15) is 31.4 Å². The van der Waals surface area contributed by atoms with Gasteiger partial charge in [0.15, 0.2) is 0 Å². The zero-order chi connectivity index (χ0) is 17.6. The van der Waals surface area contributed by atoms with E-state index in [4.69, 9.17) is 4.42 Å². The highest BCUT2D eigenvalue weighted by molar-refractivity contribution is 7.09. The molecular weight excluding hydrogens is 322 g/mol. The van der Waals surface area contributed by atoms with Gasteiger partial charge in [-0.25, -0.2) is 0 Å². The van der Waals surface area contributed by atoms with Crippen molar-refractivity contribution in [3.05, 3.63) is 46.5 Å². The molecule has 2 aromatic heterocycles. The largest absolute Gasteiger partial charge is 0.468 e. The molecule has 5 nitrogen and oxygen atoms in total. The van der Waals surface area contributed by atoms with Crippen LogP contribution in [0.5, 0.6) is 0 Å². The molecular formula is C18H23N3O2S. The van der Waals surface area contributed by atoms with E-state index in [1.807, 2.05) is 48.4 Å². The first-order valence-corrected chi connectivity index (χ1v) is 8.80. The van der Waals surface area contributed by atoms with Crippen LogP contribution < -0.4 is 5.32 Å². The third-order valence-electron chi connectivity index (χ3n) is 4.07. The number of nitriles is 1. The van der Waals surface area contributed by atoms with Crippen molar-refractivity contribution in [3.63, 3.8) is 0 Å². The Bertz CT molecular complexity index is 637. The smallest absolute Gasteiger partial charge is 0.235 e. The van der Waals surface area contributed by atoms with E-state index >= 15 is 0 Å². The summed E-state index contributed by atoms with van der Waals surface area (Å²) in [6.07, 6.45) is 1.63. The first-order valence-electron chi connectivity index (χ1n) is 7.92. The third kappa shape index (κ3) is 4.95. The molecule has 0 aliphatic rings. The number of amides is 1. The summed E-state index contributed by atoms with van der Waals surface area (Å²) >= 11 is 1.66. The van der Waals surface area contributed by atoms with Gasteiger partial charge in [0.1, 0.15) is 11.3 Å². The summed E-state index contributed by atoms with van der Waals surface area (Å²) in [4.78, 5) is 15.7. The molecule has 0 saturated heterocycles. The number of carbonyl (C=O) groups is 1. The lowest BCUT2D eigenvalue weighted by molar-refractivity contribution is -0.124. The van der Waals surface area contributed by atoms with Crippen molar-refractivity contribution in [3.8, 4) is 6.07 Å². The number of rotatable bonds is 8. The molecule has 0 saturated carbocycles. The maximum absolute atomic E-state index is 12.5. The summed E-state index contributed by atoms with van der Waals surface area (Å²) in [6.45, 7) is 7.03. The Labute approximate surface area is 146 Å². The minimum Gasteiger partial charge on any atom is -0.468 e. The van der Waals surface area contributed by atoms with Crippen LogP contribution in [0.4, 0.5) is 0 Å². The van der Waals surface area contributed by atoms with Crippen LogP contribution in [-0.2, 0) is 17.9 Å². The zero-order valence-corrected chi connectivity index (χ0v) is 15.1. The average Bonchev–Trinajstić information content (AvgIpc) is 3.20. The quantitative estimate of drug-likeness (QED) is 0.796. The Hall–Kier alpha value is -2.10. The van der Waals surface area contributed by atoms with Crippen molar-refractivity contribution < 1.29 is 9.21 Å². The highest BCUT2D eigenvalue weighted by atomic mass is 32.1. The topological polar surface area (TPSA) is 69.3 Å². The number of thiophene rings is 1. The summed E-state index contributed by atoms with van der Waals surface area (Å²) in [7, 11) is 0. The second-order valence-electron chi connectivity index (χ2n) is 6.32. The number of nitrogens with one attached hydrogen (secondary N) is 1. The monoisotopic (exact) mass is 345 g/mol. The Morgan fingerprint density at radius 3 is 2.75 bits per heavy atom. The molecule has 2 rings (SSSR count). The van der Waals surface area contributed by atoms with E-state index < -0.39 is 5.54 Å². The Morgan fingerprint density at radius 2 is 2.21 bits per heavy atom. The van der Waals surface area contributed by atoms with E-state index in [1.54, 1.807) is 24.5 Å². The van der Waals surface area contributed by atoms with Crippen molar-refractivity contribution in [2.75, 3.05) is 6.54 Å². The lowest BCUT2D eigenvalue weighted by Gasteiger charge is -2.29. The Morgan fingerprint density at radius 1 is 1.42 bits per heavy atom. The fourth-order valence-electron chi connectivity index (χ4n) is 2.25. The van der Waals surface area contributed by atoms with Crippen LogP contribution in [0.25, 0.3) is 0 Å². The van der Waals surface area contributed by atoms with Crippen molar-refractivity contribution in [2.45, 2.75) is 39.4 Å². The van der Waals surface area contributed by atoms with Gasteiger partial charge < -0.3 is 9.73 Å². The van der Waals surface area contributed by atoms with Gasteiger partial charge in [-0.2, -0.15) is 5.26 Å². The number of hydrogen-bond donors (Lipinski definition) is 1. The molecule has 0 aliphatic carbocycles. The van der Waals surface area contributed by atoms with Gasteiger partial charge in [0, 0.05) is 11.4 Å². The summed E-state index contributed by atoms with van der Waals surface area (Å²) in [5.41, 5.74) is -0.865. The fraction of sp³-hybridized carbons (Fsp3) is 0.444. The molecule has 0 spiro atoms. The van der Waals surface area contributed by atoms with E-state index in [0.29, 0.717) is 13.1 Å². The van der Waals surface area contributed by atoms with Gasteiger partial charge >= 0.3 is 0 Å². The second-order valence-corrected chi connectivity index (χ2v) is 7.35. The van der Waals surface area contributed by atoms with Crippen LogP contribution >= 0.6 is 11.3 Å². The molecule has 0 radical (unpaired) electrons. The van der Waals surface area contributed by atoms with Gasteiger partial charge in [0.2, 0.25) is 5.91 Å². The molecule has 24 heavy (non-hydrogen) atoms. The molecule has 1 unspecified atom stereocenters. The van der Waals surface area contributed by atoms with E-state index in [2.05, 4.69) is 11.4 Å². The fourth-order valence-corrected chi connectivity index (χ4v) is 2.99. The van der Waals surface area contributed by atoms with Gasteiger partial charge in [0.25, 0.3) is 0 Å². The third-order valence-corrected chi connectivity index (χ3v) is 4.93. The first-order chi connectivity index (χ1) is 11.4. The van der Waals surface area contributed by atoms with Crippen LogP contribution in [0.15, 0.2) is 40.3 Å². The van der Waals surface area contributed by atoms with Gasteiger partial charge in [-0.15, -0.1) is 11.3 Å². The van der Waals surface area contributed by atoms with Gasteiger partial charge in [-0.3, -0.25) is 9.69 Å². The van der Waals surface area contributed by atoms with Crippen molar-refractivity contribution in [1.29, 1.82) is 5.26 Å². The van der Waals surface area contributed by atoms with E-state index in [-0.39, 0.29) is 18.4 Å². The summed E-state index contributed by atoms with van der Waals surface area (Å²) < 4.78 is 5.40. The number of furan rings is 1. The molecule has 1 atom stereocenters. The second kappa shape index (κ2) is 8.13. The summed E-state index contributed by atoms with van der Waals surface area (Å²) in [5, 5.41) is 14.2. The summed E-state index contributed by atoms with van der Waals surface area (Å²) in [5.74, 6) is 0.685. The molecule has 1 amide bonds. The highest BCUT2D eigenvalue weighted by Crippen LogP contribution is 2.17. The van der Waals surface area contributed by atoms with Crippen LogP contribution in [0.3, 0.4) is 0 Å². The standard InChI is InChI=1S/C18H23N3O2S/c1-14(2)18(3,13-19)20-17(22)12-21(10-15-6-4-8-23-15)11-16-7-5-9-24-16/h4-9,14H,10-12H2,1-3H3,(H,20,22). The number of carbonyl (C=O) groups excluding carboxylic acids is 1. The maximum Gasteiger partial charge on any atom is 0.235 e. The summed E-state index contributed by atoms with van der Waals surface area (Å²) in [6, 6.07) is 9.98. The SMILES string of the molecule is CC(C)C(C)(C#N)NC(=O)CN(Cc1ccco1)Cc1cccs1. The molecule has 6 heteroatoms. The van der Waals surface area contributed by atoms with Gasteiger partial charge in [0.05, 0.1) is 25.4 Å². The Kier molecular flexibility index (Phi) is 6.18. The average molecular weight is 345 g/mol. The van der Waals surface area contributed by atoms with Crippen molar-refractivity contribution >= 4 is 17.2 Å². The van der Waals surface area contributed by atoms with Crippen LogP contribution in [0, 0.1) is 17.2 Å². The molecule has 2 heterocycles. The predicted octanol–water partition coefficient (Wildman–Crippen LogP) is 3.40. The van der Waals surface area contributed by atoms with E-state index in [0.717, 1.165) is 5.76 Å². The molecule has 0 fully saturated rings. The lowest BCUT2D eigenvalue weighted by atomic mass is 9.90. The Balaban J connectivity index is 2.04. The number of hydrogen-bond acceptors (Lipinski definition) is 5. The zero-order valence-electron chi connectivity index (χ0n) is 14.3. The van der Waals surface area contributed by atoms with Gasteiger partial charge in [-0.1, -0.05) is 19.9 Å². The molecule has 0 aromatic carbocycles. The van der Waals surface area contributed by atoms with E-state index in [1.165, 1.54) is 4.88 Å². The first kappa shape index (κ1) is 18.2. The molecule has 0 aliphatic heterocycles. The van der Waals surface area contributed by atoms with Crippen LogP contribution in [-0.4, -0.2) is 22.9 Å².